The van der Waals surface area contributed by atoms with Crippen LogP contribution in [0.15, 0.2) is 22.7 Å². The van der Waals surface area contributed by atoms with Crippen LogP contribution in [0.3, 0.4) is 0 Å². The second-order valence-electron chi connectivity index (χ2n) is 4.95. The van der Waals surface area contributed by atoms with Gasteiger partial charge in [-0.3, -0.25) is 0 Å². The summed E-state index contributed by atoms with van der Waals surface area (Å²) in [6.07, 6.45) is 2.01. The summed E-state index contributed by atoms with van der Waals surface area (Å²) in [6, 6.07) is 5.94. The van der Waals surface area contributed by atoms with Crippen LogP contribution in [0.25, 0.3) is 0 Å². The Hall–Kier alpha value is -0.140. The van der Waals surface area contributed by atoms with Gasteiger partial charge in [-0.1, -0.05) is 40.5 Å². The molecule has 0 saturated carbocycles. The van der Waals surface area contributed by atoms with Crippen LogP contribution in [0.4, 0.5) is 0 Å². The molecular weight excluding hydrogens is 376 g/mol. The maximum Gasteiger partial charge on any atom is 0.211 e. The van der Waals surface area contributed by atoms with Crippen LogP contribution >= 0.6 is 27.5 Å². The smallest absolute Gasteiger partial charge is 0.211 e. The fourth-order valence-electron chi connectivity index (χ4n) is 2.10. The minimum Gasteiger partial charge on any atom is -0.310 e. The molecule has 0 aliphatic heterocycles. The summed E-state index contributed by atoms with van der Waals surface area (Å²) >= 11 is 9.60. The second-order valence-corrected chi connectivity index (χ2v) is 8.26. The van der Waals surface area contributed by atoms with E-state index in [4.69, 9.17) is 11.6 Å². The number of hydrogen-bond donors (Lipinski definition) is 1. The predicted octanol–water partition coefficient (Wildman–Crippen LogP) is 3.42. The third-order valence-corrected chi connectivity index (χ3v) is 5.48. The lowest BCUT2D eigenvalue weighted by Crippen LogP contribution is -2.32. The van der Waals surface area contributed by atoms with Gasteiger partial charge >= 0.3 is 0 Å². The number of benzene rings is 1. The molecule has 0 aliphatic rings. The lowest BCUT2D eigenvalue weighted by Gasteiger charge is -2.19. The van der Waals surface area contributed by atoms with E-state index >= 15 is 0 Å². The number of sulfonamides is 1. The van der Waals surface area contributed by atoms with Crippen molar-refractivity contribution in [3.8, 4) is 0 Å². The summed E-state index contributed by atoms with van der Waals surface area (Å²) in [6.45, 7) is 5.66. The first-order valence-electron chi connectivity index (χ1n) is 6.89. The van der Waals surface area contributed by atoms with Gasteiger partial charge in [-0.15, -0.1) is 0 Å². The summed E-state index contributed by atoms with van der Waals surface area (Å²) in [7, 11) is -3.10. The maximum absolute atomic E-state index is 11.5. The average Bonchev–Trinajstić information content (AvgIpc) is 2.36. The van der Waals surface area contributed by atoms with Crippen molar-refractivity contribution < 1.29 is 8.42 Å². The molecule has 0 aromatic heterocycles. The Morgan fingerprint density at radius 1 is 1.43 bits per heavy atom. The molecule has 0 bridgehead atoms. The number of rotatable bonds is 8. The number of halogens is 2. The lowest BCUT2D eigenvalue weighted by atomic mass is 10.1. The zero-order valence-electron chi connectivity index (χ0n) is 12.6. The normalized spacial score (nSPS) is 13.6. The molecule has 0 saturated heterocycles. The standard InChI is InChI=1S/C14H22BrClN2O2S/c1-4-18(21(3,19)20)9-5-8-17-11(2)13-7-6-12(15)10-14(13)16/h6-7,10-11,17H,4-5,8-9H2,1-3H3. The quantitative estimate of drug-likeness (QED) is 0.684. The van der Waals surface area contributed by atoms with E-state index in [-0.39, 0.29) is 6.04 Å². The molecule has 1 aromatic carbocycles. The molecule has 1 N–H and O–H groups in total. The molecule has 0 amide bonds. The minimum atomic E-state index is -3.10. The van der Waals surface area contributed by atoms with E-state index in [1.54, 1.807) is 0 Å². The predicted molar refractivity (Wildman–Crippen MR) is 92.3 cm³/mol. The Morgan fingerprint density at radius 3 is 2.62 bits per heavy atom. The van der Waals surface area contributed by atoms with E-state index in [0.717, 1.165) is 28.0 Å². The molecule has 0 heterocycles. The summed E-state index contributed by atoms with van der Waals surface area (Å²) in [5.41, 5.74) is 1.04. The van der Waals surface area contributed by atoms with Gasteiger partial charge in [0.2, 0.25) is 10.0 Å². The monoisotopic (exact) mass is 396 g/mol. The third kappa shape index (κ3) is 6.24. The van der Waals surface area contributed by atoms with Crippen LogP contribution in [0.2, 0.25) is 5.02 Å². The lowest BCUT2D eigenvalue weighted by molar-refractivity contribution is 0.413. The third-order valence-electron chi connectivity index (χ3n) is 3.29. The summed E-state index contributed by atoms with van der Waals surface area (Å²) in [5, 5.41) is 4.09. The first-order chi connectivity index (χ1) is 9.75. The van der Waals surface area contributed by atoms with Gasteiger partial charge in [0.05, 0.1) is 6.26 Å². The van der Waals surface area contributed by atoms with Crippen LogP contribution in [-0.2, 0) is 10.0 Å². The highest BCUT2D eigenvalue weighted by atomic mass is 79.9. The molecule has 1 aromatic rings. The van der Waals surface area contributed by atoms with Crippen molar-refractivity contribution in [1.82, 2.24) is 9.62 Å². The van der Waals surface area contributed by atoms with Crippen molar-refractivity contribution in [2.24, 2.45) is 0 Å². The molecule has 7 heteroatoms. The molecular formula is C14H22BrClN2O2S. The Kier molecular flexibility index (Phi) is 7.64. The van der Waals surface area contributed by atoms with E-state index in [2.05, 4.69) is 21.2 Å². The molecule has 21 heavy (non-hydrogen) atoms. The minimum absolute atomic E-state index is 0.124. The number of nitrogens with one attached hydrogen (secondary N) is 1. The van der Waals surface area contributed by atoms with Crippen LogP contribution in [0.5, 0.6) is 0 Å². The number of nitrogens with zero attached hydrogens (tertiary/aromatic N) is 1. The van der Waals surface area contributed by atoms with Crippen molar-refractivity contribution in [2.75, 3.05) is 25.9 Å². The van der Waals surface area contributed by atoms with E-state index < -0.39 is 10.0 Å². The highest BCUT2D eigenvalue weighted by molar-refractivity contribution is 9.10. The molecule has 0 aliphatic carbocycles. The largest absolute Gasteiger partial charge is 0.310 e. The van der Waals surface area contributed by atoms with Gasteiger partial charge in [-0.05, 0) is 37.6 Å². The molecule has 1 rings (SSSR count). The van der Waals surface area contributed by atoms with Gasteiger partial charge in [0, 0.05) is 28.6 Å². The molecule has 1 unspecified atom stereocenters. The van der Waals surface area contributed by atoms with Crippen LogP contribution in [0.1, 0.15) is 31.9 Å². The van der Waals surface area contributed by atoms with Crippen molar-refractivity contribution in [1.29, 1.82) is 0 Å². The first-order valence-corrected chi connectivity index (χ1v) is 9.91. The van der Waals surface area contributed by atoms with Crippen molar-refractivity contribution in [2.45, 2.75) is 26.3 Å². The van der Waals surface area contributed by atoms with E-state index in [1.165, 1.54) is 10.6 Å². The fourth-order valence-corrected chi connectivity index (χ4v) is 3.86. The summed E-state index contributed by atoms with van der Waals surface area (Å²) in [4.78, 5) is 0. The van der Waals surface area contributed by atoms with E-state index in [1.807, 2.05) is 32.0 Å². The molecule has 4 nitrogen and oxygen atoms in total. The zero-order valence-corrected chi connectivity index (χ0v) is 15.7. The van der Waals surface area contributed by atoms with E-state index in [0.29, 0.717) is 13.1 Å². The van der Waals surface area contributed by atoms with Gasteiger partial charge in [0.25, 0.3) is 0 Å². The second kappa shape index (κ2) is 8.48. The van der Waals surface area contributed by atoms with Gasteiger partial charge in [-0.25, -0.2) is 12.7 Å². The van der Waals surface area contributed by atoms with E-state index in [9.17, 15) is 8.42 Å². The Balaban J connectivity index is 2.45. The van der Waals surface area contributed by atoms with Gasteiger partial charge in [0.15, 0.2) is 0 Å². The van der Waals surface area contributed by atoms with Gasteiger partial charge in [-0.2, -0.15) is 0 Å². The maximum atomic E-state index is 11.5. The molecule has 0 fully saturated rings. The average molecular weight is 398 g/mol. The van der Waals surface area contributed by atoms with Crippen LogP contribution < -0.4 is 5.32 Å². The Morgan fingerprint density at radius 2 is 2.10 bits per heavy atom. The SMILES string of the molecule is CCN(CCCNC(C)c1ccc(Br)cc1Cl)S(C)(=O)=O. The molecule has 0 radical (unpaired) electrons. The Labute approximate surface area is 141 Å². The van der Waals surface area contributed by atoms with Crippen LogP contribution in [0, 0.1) is 0 Å². The molecule has 0 spiro atoms. The van der Waals surface area contributed by atoms with Crippen LogP contribution in [-0.4, -0.2) is 38.6 Å². The van der Waals surface area contributed by atoms with Crippen molar-refractivity contribution in [3.05, 3.63) is 33.3 Å². The Bertz CT molecular complexity index is 566. The summed E-state index contributed by atoms with van der Waals surface area (Å²) in [5.74, 6) is 0. The summed E-state index contributed by atoms with van der Waals surface area (Å²) < 4.78 is 25.4. The highest BCUT2D eigenvalue weighted by Gasteiger charge is 2.14. The molecule has 120 valence electrons. The topological polar surface area (TPSA) is 49.4 Å². The molecule has 1 atom stereocenters. The van der Waals surface area contributed by atoms with Crippen molar-refractivity contribution in [3.63, 3.8) is 0 Å². The highest BCUT2D eigenvalue weighted by Crippen LogP contribution is 2.26. The number of hydrogen-bond acceptors (Lipinski definition) is 3. The van der Waals surface area contributed by atoms with Crippen molar-refractivity contribution >= 4 is 37.6 Å². The van der Waals surface area contributed by atoms with Gasteiger partial charge < -0.3 is 5.32 Å². The van der Waals surface area contributed by atoms with Gasteiger partial charge in [0.1, 0.15) is 0 Å². The zero-order chi connectivity index (χ0) is 16.0. The fraction of sp³-hybridized carbons (Fsp3) is 0.571. The first kappa shape index (κ1) is 18.9.